The summed E-state index contributed by atoms with van der Waals surface area (Å²) in [6.07, 6.45) is -0.425. The molecule has 0 aliphatic carbocycles. The Morgan fingerprint density at radius 3 is 2.48 bits per heavy atom. The van der Waals surface area contributed by atoms with Gasteiger partial charge < -0.3 is 14.2 Å². The summed E-state index contributed by atoms with van der Waals surface area (Å²) in [6.45, 7) is 1.58. The molecular formula is C19H22FNO5S. The summed E-state index contributed by atoms with van der Waals surface area (Å²) in [6, 6.07) is 12.2. The second-order valence-electron chi connectivity index (χ2n) is 6.09. The lowest BCUT2D eigenvalue weighted by atomic mass is 10.1. The van der Waals surface area contributed by atoms with Crippen molar-refractivity contribution in [2.24, 2.45) is 0 Å². The van der Waals surface area contributed by atoms with Crippen molar-refractivity contribution >= 4 is 10.0 Å². The molecule has 0 amide bonds. The molecule has 1 fully saturated rings. The number of hydrogen-bond donors (Lipinski definition) is 0. The topological polar surface area (TPSA) is 65.1 Å². The molecule has 1 heterocycles. The Bertz CT molecular complexity index is 839. The van der Waals surface area contributed by atoms with Crippen molar-refractivity contribution in [3.63, 3.8) is 0 Å². The van der Waals surface area contributed by atoms with E-state index in [2.05, 4.69) is 0 Å². The first-order chi connectivity index (χ1) is 13.0. The lowest BCUT2D eigenvalue weighted by Gasteiger charge is -2.32. The van der Waals surface area contributed by atoms with Crippen LogP contribution in [0.15, 0.2) is 53.4 Å². The van der Waals surface area contributed by atoms with E-state index in [-0.39, 0.29) is 30.4 Å². The smallest absolute Gasteiger partial charge is 0.243 e. The van der Waals surface area contributed by atoms with E-state index < -0.39 is 16.1 Å². The molecule has 27 heavy (non-hydrogen) atoms. The predicted octanol–water partition coefficient (Wildman–Crippen LogP) is 2.61. The third-order valence-corrected chi connectivity index (χ3v) is 6.17. The standard InChI is InChI=1S/C19H22FNO5S/c1-24-12-13-25-17-6-8-18(9-7-17)27(22,23)21-10-11-26-19(14-21)15-2-4-16(20)5-3-15/h2-9,19H,10-14H2,1H3. The quantitative estimate of drug-likeness (QED) is 0.675. The van der Waals surface area contributed by atoms with Gasteiger partial charge in [0.1, 0.15) is 18.2 Å². The molecule has 6 nitrogen and oxygen atoms in total. The van der Waals surface area contributed by atoms with Crippen LogP contribution >= 0.6 is 0 Å². The molecule has 1 aliphatic rings. The number of morpholine rings is 1. The van der Waals surface area contributed by atoms with Crippen LogP contribution in [0.5, 0.6) is 5.75 Å². The number of nitrogens with zero attached hydrogens (tertiary/aromatic N) is 1. The van der Waals surface area contributed by atoms with Gasteiger partial charge in [-0.3, -0.25) is 0 Å². The minimum absolute atomic E-state index is 0.181. The normalized spacial score (nSPS) is 18.4. The molecule has 1 atom stereocenters. The Morgan fingerprint density at radius 2 is 1.81 bits per heavy atom. The van der Waals surface area contributed by atoms with Crippen LogP contribution in [0.4, 0.5) is 4.39 Å². The van der Waals surface area contributed by atoms with E-state index in [1.807, 2.05) is 0 Å². The average Bonchev–Trinajstić information content (AvgIpc) is 2.69. The third kappa shape index (κ3) is 4.84. The second-order valence-corrected chi connectivity index (χ2v) is 8.02. The number of sulfonamides is 1. The first-order valence-electron chi connectivity index (χ1n) is 8.60. The maximum absolute atomic E-state index is 13.1. The zero-order chi connectivity index (χ0) is 19.3. The highest BCUT2D eigenvalue weighted by Crippen LogP contribution is 2.27. The molecule has 0 aromatic heterocycles. The maximum Gasteiger partial charge on any atom is 0.243 e. The molecule has 8 heteroatoms. The summed E-state index contributed by atoms with van der Waals surface area (Å²) in [5.74, 6) is 0.240. The van der Waals surface area contributed by atoms with Crippen LogP contribution in [0.3, 0.4) is 0 Å². The molecule has 0 N–H and O–H groups in total. The van der Waals surface area contributed by atoms with Crippen molar-refractivity contribution in [3.05, 3.63) is 59.9 Å². The van der Waals surface area contributed by atoms with Gasteiger partial charge in [-0.1, -0.05) is 12.1 Å². The van der Waals surface area contributed by atoms with Gasteiger partial charge in [0.05, 0.1) is 24.2 Å². The molecule has 1 aliphatic heterocycles. The second kappa shape index (κ2) is 8.79. The van der Waals surface area contributed by atoms with Crippen molar-refractivity contribution in [2.45, 2.75) is 11.0 Å². The lowest BCUT2D eigenvalue weighted by Crippen LogP contribution is -2.42. The van der Waals surface area contributed by atoms with Crippen LogP contribution in [-0.2, 0) is 19.5 Å². The van der Waals surface area contributed by atoms with Crippen molar-refractivity contribution in [1.29, 1.82) is 0 Å². The molecule has 0 saturated carbocycles. The van der Waals surface area contributed by atoms with Gasteiger partial charge in [0, 0.05) is 20.2 Å². The summed E-state index contributed by atoms with van der Waals surface area (Å²) in [7, 11) is -2.07. The highest BCUT2D eigenvalue weighted by Gasteiger charge is 2.31. The number of halogens is 1. The van der Waals surface area contributed by atoms with E-state index >= 15 is 0 Å². The number of hydrogen-bond acceptors (Lipinski definition) is 5. The zero-order valence-corrected chi connectivity index (χ0v) is 15.8. The Kier molecular flexibility index (Phi) is 6.43. The number of methoxy groups -OCH3 is 1. The van der Waals surface area contributed by atoms with E-state index in [1.165, 1.54) is 28.6 Å². The van der Waals surface area contributed by atoms with Gasteiger partial charge in [-0.15, -0.1) is 0 Å². The molecule has 0 spiro atoms. The van der Waals surface area contributed by atoms with Gasteiger partial charge in [-0.05, 0) is 42.0 Å². The minimum Gasteiger partial charge on any atom is -0.491 e. The Morgan fingerprint density at radius 1 is 1.11 bits per heavy atom. The molecule has 0 bridgehead atoms. The Hall–Kier alpha value is -2.00. The maximum atomic E-state index is 13.1. The van der Waals surface area contributed by atoms with Gasteiger partial charge in [0.15, 0.2) is 0 Å². The minimum atomic E-state index is -3.65. The van der Waals surface area contributed by atoms with E-state index in [9.17, 15) is 12.8 Å². The lowest BCUT2D eigenvalue weighted by molar-refractivity contribution is -0.00258. The van der Waals surface area contributed by atoms with Crippen LogP contribution in [0.2, 0.25) is 0 Å². The first-order valence-corrected chi connectivity index (χ1v) is 10.0. The molecule has 1 unspecified atom stereocenters. The summed E-state index contributed by atoms with van der Waals surface area (Å²) in [4.78, 5) is 0.196. The highest BCUT2D eigenvalue weighted by atomic mass is 32.2. The number of rotatable bonds is 7. The molecule has 0 radical (unpaired) electrons. The van der Waals surface area contributed by atoms with Gasteiger partial charge in [0.2, 0.25) is 10.0 Å². The highest BCUT2D eigenvalue weighted by molar-refractivity contribution is 7.89. The third-order valence-electron chi connectivity index (χ3n) is 4.29. The van der Waals surface area contributed by atoms with Gasteiger partial charge in [-0.2, -0.15) is 4.31 Å². The number of benzene rings is 2. The molecule has 2 aromatic rings. The Balaban J connectivity index is 1.71. The van der Waals surface area contributed by atoms with E-state index in [4.69, 9.17) is 14.2 Å². The van der Waals surface area contributed by atoms with Crippen LogP contribution in [-0.4, -0.2) is 52.7 Å². The molecule has 146 valence electrons. The van der Waals surface area contributed by atoms with Crippen molar-refractivity contribution in [3.8, 4) is 5.75 Å². The monoisotopic (exact) mass is 395 g/mol. The molecular weight excluding hydrogens is 373 g/mol. The van der Waals surface area contributed by atoms with Crippen LogP contribution in [0, 0.1) is 5.82 Å². The van der Waals surface area contributed by atoms with E-state index in [0.717, 1.165) is 5.56 Å². The van der Waals surface area contributed by atoms with Crippen molar-refractivity contribution in [1.82, 2.24) is 4.31 Å². The van der Waals surface area contributed by atoms with Crippen LogP contribution < -0.4 is 4.74 Å². The first kappa shape index (κ1) is 19.8. The number of ether oxygens (including phenoxy) is 3. The van der Waals surface area contributed by atoms with Gasteiger partial charge in [0.25, 0.3) is 0 Å². The molecule has 2 aromatic carbocycles. The molecule has 1 saturated heterocycles. The fraction of sp³-hybridized carbons (Fsp3) is 0.368. The largest absolute Gasteiger partial charge is 0.491 e. The summed E-state index contributed by atoms with van der Waals surface area (Å²) in [5.41, 5.74) is 0.748. The summed E-state index contributed by atoms with van der Waals surface area (Å²) >= 11 is 0. The van der Waals surface area contributed by atoms with Crippen molar-refractivity contribution in [2.75, 3.05) is 40.0 Å². The average molecular weight is 395 g/mol. The zero-order valence-electron chi connectivity index (χ0n) is 15.0. The fourth-order valence-electron chi connectivity index (χ4n) is 2.82. The summed E-state index contributed by atoms with van der Waals surface area (Å²) < 4.78 is 56.4. The summed E-state index contributed by atoms with van der Waals surface area (Å²) in [5, 5.41) is 0. The fourth-order valence-corrected chi connectivity index (χ4v) is 4.25. The van der Waals surface area contributed by atoms with Crippen LogP contribution in [0.1, 0.15) is 11.7 Å². The van der Waals surface area contributed by atoms with Gasteiger partial charge >= 0.3 is 0 Å². The van der Waals surface area contributed by atoms with E-state index in [1.54, 1.807) is 31.4 Å². The van der Waals surface area contributed by atoms with E-state index in [0.29, 0.717) is 19.0 Å². The predicted molar refractivity (Wildman–Crippen MR) is 97.7 cm³/mol. The SMILES string of the molecule is COCCOc1ccc(S(=O)(=O)N2CCOC(c3ccc(F)cc3)C2)cc1. The van der Waals surface area contributed by atoms with Gasteiger partial charge in [-0.25, -0.2) is 12.8 Å². The van der Waals surface area contributed by atoms with Crippen molar-refractivity contribution < 1.29 is 27.0 Å². The molecule has 3 rings (SSSR count). The van der Waals surface area contributed by atoms with Crippen LogP contribution in [0.25, 0.3) is 0 Å². The Labute approximate surface area is 158 Å².